The first kappa shape index (κ1) is 15.1. The van der Waals surface area contributed by atoms with Crippen LogP contribution < -0.4 is 5.32 Å². The van der Waals surface area contributed by atoms with Gasteiger partial charge in [0.15, 0.2) is 0 Å². The molecule has 0 spiro atoms. The molecular weight excluding hydrogens is 249 g/mol. The van der Waals surface area contributed by atoms with E-state index in [1.165, 1.54) is 13.0 Å². The predicted molar refractivity (Wildman–Crippen MR) is 68.9 cm³/mol. The van der Waals surface area contributed by atoms with E-state index in [1.54, 1.807) is 32.0 Å². The molecule has 19 heavy (non-hydrogen) atoms. The number of carboxylic acid groups (broad SMARTS) is 1. The van der Waals surface area contributed by atoms with Gasteiger partial charge in [-0.25, -0.2) is 4.39 Å². The minimum absolute atomic E-state index is 0.381. The molecule has 5 heteroatoms. The molecule has 2 unspecified atom stereocenters. The summed E-state index contributed by atoms with van der Waals surface area (Å²) in [6, 6.07) is 5.66. The number of nitrogens with one attached hydrogen (secondary N) is 1. The van der Waals surface area contributed by atoms with Crippen LogP contribution in [0.5, 0.6) is 0 Å². The zero-order chi connectivity index (χ0) is 14.6. The number of carboxylic acids is 1. The Bertz CT molecular complexity index is 476. The summed E-state index contributed by atoms with van der Waals surface area (Å²) in [5.74, 6) is -3.28. The summed E-state index contributed by atoms with van der Waals surface area (Å²) in [6.45, 7) is 4.68. The van der Waals surface area contributed by atoms with E-state index in [4.69, 9.17) is 5.11 Å². The second-order valence-electron chi connectivity index (χ2n) is 4.67. The molecule has 0 radical (unpaired) electrons. The molecular formula is C14H18FNO3. The van der Waals surface area contributed by atoms with Gasteiger partial charge in [-0.15, -0.1) is 0 Å². The molecule has 0 fully saturated rings. The Morgan fingerprint density at radius 2 is 1.74 bits per heavy atom. The van der Waals surface area contributed by atoms with Crippen molar-refractivity contribution in [2.45, 2.75) is 26.8 Å². The number of carbonyl (C=O) groups is 2. The van der Waals surface area contributed by atoms with Crippen molar-refractivity contribution in [2.24, 2.45) is 11.8 Å². The lowest BCUT2D eigenvalue weighted by Crippen LogP contribution is -2.36. The van der Waals surface area contributed by atoms with Crippen molar-refractivity contribution in [3.63, 3.8) is 0 Å². The average molecular weight is 267 g/mol. The van der Waals surface area contributed by atoms with Crippen molar-refractivity contribution >= 4 is 11.9 Å². The maximum Gasteiger partial charge on any atom is 0.307 e. The fourth-order valence-corrected chi connectivity index (χ4v) is 1.69. The largest absolute Gasteiger partial charge is 0.481 e. The molecule has 0 saturated carbocycles. The molecule has 1 amide bonds. The molecule has 1 aromatic rings. The lowest BCUT2D eigenvalue weighted by Gasteiger charge is -2.20. The summed E-state index contributed by atoms with van der Waals surface area (Å²) >= 11 is 0. The van der Waals surface area contributed by atoms with Gasteiger partial charge in [0.05, 0.1) is 12.0 Å². The van der Waals surface area contributed by atoms with Crippen molar-refractivity contribution in [2.75, 3.05) is 0 Å². The van der Waals surface area contributed by atoms with Crippen LogP contribution in [0.2, 0.25) is 0 Å². The van der Waals surface area contributed by atoms with Crippen LogP contribution in [0.25, 0.3) is 0 Å². The van der Waals surface area contributed by atoms with E-state index in [0.29, 0.717) is 5.56 Å². The Kier molecular flexibility index (Phi) is 5.03. The fraction of sp³-hybridized carbons (Fsp3) is 0.429. The van der Waals surface area contributed by atoms with Gasteiger partial charge in [-0.3, -0.25) is 9.59 Å². The minimum atomic E-state index is -1.03. The Morgan fingerprint density at radius 3 is 2.26 bits per heavy atom. The van der Waals surface area contributed by atoms with Crippen LogP contribution in [0.1, 0.15) is 32.4 Å². The molecule has 4 nitrogen and oxygen atoms in total. The highest BCUT2D eigenvalue weighted by Crippen LogP contribution is 2.18. The van der Waals surface area contributed by atoms with Crippen LogP contribution in [0, 0.1) is 17.7 Å². The van der Waals surface area contributed by atoms with Gasteiger partial charge in [0.2, 0.25) is 5.91 Å². The van der Waals surface area contributed by atoms with E-state index < -0.39 is 35.6 Å². The van der Waals surface area contributed by atoms with Crippen LogP contribution in [-0.4, -0.2) is 17.0 Å². The van der Waals surface area contributed by atoms with Gasteiger partial charge < -0.3 is 10.4 Å². The monoisotopic (exact) mass is 267 g/mol. The molecule has 0 aliphatic heterocycles. The van der Waals surface area contributed by atoms with Gasteiger partial charge >= 0.3 is 5.97 Å². The third-order valence-electron chi connectivity index (χ3n) is 3.28. The smallest absolute Gasteiger partial charge is 0.307 e. The minimum Gasteiger partial charge on any atom is -0.481 e. The van der Waals surface area contributed by atoms with E-state index in [9.17, 15) is 14.0 Å². The number of hydrogen-bond acceptors (Lipinski definition) is 2. The van der Waals surface area contributed by atoms with Gasteiger partial charge in [0.25, 0.3) is 0 Å². The van der Waals surface area contributed by atoms with E-state index in [2.05, 4.69) is 5.32 Å². The lowest BCUT2D eigenvalue weighted by atomic mass is 9.94. The maximum absolute atomic E-state index is 13.5. The number of halogens is 1. The molecule has 1 aromatic carbocycles. The van der Waals surface area contributed by atoms with E-state index in [1.807, 2.05) is 0 Å². The first-order valence-corrected chi connectivity index (χ1v) is 6.12. The van der Waals surface area contributed by atoms with Crippen molar-refractivity contribution in [3.8, 4) is 0 Å². The highest BCUT2D eigenvalue weighted by Gasteiger charge is 2.27. The number of rotatable bonds is 5. The molecule has 2 N–H and O–H groups in total. The van der Waals surface area contributed by atoms with Gasteiger partial charge in [-0.05, 0) is 13.0 Å². The van der Waals surface area contributed by atoms with Crippen LogP contribution in [0.15, 0.2) is 24.3 Å². The standard InChI is InChI=1S/C14H18FNO3/c1-8(9(2)14(18)19)13(17)16-10(3)11-6-4-5-7-12(11)15/h4-10H,1-3H3,(H,16,17)(H,18,19)/t8?,9?,10-/m1/s1. The summed E-state index contributed by atoms with van der Waals surface area (Å²) in [5, 5.41) is 11.5. The molecule has 1 rings (SSSR count). The fourth-order valence-electron chi connectivity index (χ4n) is 1.69. The van der Waals surface area contributed by atoms with Gasteiger partial charge in [0, 0.05) is 11.5 Å². The summed E-state index contributed by atoms with van der Waals surface area (Å²) in [4.78, 5) is 22.7. The Hall–Kier alpha value is -1.91. The first-order chi connectivity index (χ1) is 8.84. The molecule has 104 valence electrons. The molecule has 0 aliphatic carbocycles. The first-order valence-electron chi connectivity index (χ1n) is 6.12. The molecule has 0 aliphatic rings. The number of amides is 1. The van der Waals surface area contributed by atoms with E-state index >= 15 is 0 Å². The van der Waals surface area contributed by atoms with Gasteiger partial charge in [-0.1, -0.05) is 32.0 Å². The van der Waals surface area contributed by atoms with Crippen LogP contribution in [-0.2, 0) is 9.59 Å². The average Bonchev–Trinajstić information content (AvgIpc) is 2.37. The second-order valence-corrected chi connectivity index (χ2v) is 4.67. The SMILES string of the molecule is CC(C(=O)O)C(C)C(=O)N[C@H](C)c1ccccc1F. The lowest BCUT2D eigenvalue weighted by molar-refractivity contribution is -0.146. The third kappa shape index (κ3) is 3.77. The number of aliphatic carboxylic acids is 1. The third-order valence-corrected chi connectivity index (χ3v) is 3.28. The Morgan fingerprint density at radius 1 is 1.16 bits per heavy atom. The number of benzene rings is 1. The maximum atomic E-state index is 13.5. The summed E-state index contributed by atoms with van der Waals surface area (Å²) in [7, 11) is 0. The van der Waals surface area contributed by atoms with Gasteiger partial charge in [-0.2, -0.15) is 0 Å². The van der Waals surface area contributed by atoms with E-state index in [0.717, 1.165) is 0 Å². The molecule has 3 atom stereocenters. The Labute approximate surface area is 111 Å². The molecule has 0 saturated heterocycles. The number of hydrogen-bond donors (Lipinski definition) is 2. The van der Waals surface area contributed by atoms with Gasteiger partial charge in [0.1, 0.15) is 5.82 Å². The highest BCUT2D eigenvalue weighted by molar-refractivity contribution is 5.84. The quantitative estimate of drug-likeness (QED) is 0.860. The predicted octanol–water partition coefficient (Wildman–Crippen LogP) is 2.36. The van der Waals surface area contributed by atoms with Crippen molar-refractivity contribution in [1.29, 1.82) is 0 Å². The van der Waals surface area contributed by atoms with Crippen molar-refractivity contribution in [3.05, 3.63) is 35.6 Å². The highest BCUT2D eigenvalue weighted by atomic mass is 19.1. The normalized spacial score (nSPS) is 15.4. The topological polar surface area (TPSA) is 66.4 Å². The summed E-state index contributed by atoms with van der Waals surface area (Å²) in [6.07, 6.45) is 0. The second kappa shape index (κ2) is 6.31. The number of carbonyl (C=O) groups excluding carboxylic acids is 1. The summed E-state index contributed by atoms with van der Waals surface area (Å²) in [5.41, 5.74) is 0.381. The molecule has 0 bridgehead atoms. The zero-order valence-electron chi connectivity index (χ0n) is 11.2. The van der Waals surface area contributed by atoms with Crippen molar-refractivity contribution < 1.29 is 19.1 Å². The zero-order valence-corrected chi connectivity index (χ0v) is 11.2. The molecule has 0 aromatic heterocycles. The molecule has 0 heterocycles. The Balaban J connectivity index is 2.72. The van der Waals surface area contributed by atoms with Crippen LogP contribution in [0.3, 0.4) is 0 Å². The van der Waals surface area contributed by atoms with Crippen LogP contribution in [0.4, 0.5) is 4.39 Å². The summed E-state index contributed by atoms with van der Waals surface area (Å²) < 4.78 is 13.5. The van der Waals surface area contributed by atoms with Crippen molar-refractivity contribution in [1.82, 2.24) is 5.32 Å². The van der Waals surface area contributed by atoms with E-state index in [-0.39, 0.29) is 0 Å². The van der Waals surface area contributed by atoms with Crippen LogP contribution >= 0.6 is 0 Å².